The van der Waals surface area contributed by atoms with Crippen LogP contribution in [0.1, 0.15) is 31.7 Å². The molecule has 0 aliphatic heterocycles. The number of benzene rings is 1. The molecule has 0 saturated carbocycles. The minimum absolute atomic E-state index is 0.00553. The van der Waals surface area contributed by atoms with Crippen molar-refractivity contribution in [1.82, 2.24) is 0 Å². The van der Waals surface area contributed by atoms with Crippen LogP contribution in [0, 0.1) is 5.92 Å². The Labute approximate surface area is 88.1 Å². The summed E-state index contributed by atoms with van der Waals surface area (Å²) in [5, 5.41) is 0. The monoisotopic (exact) mass is 216 g/mol. The third-order valence-corrected chi connectivity index (χ3v) is 2.48. The van der Waals surface area contributed by atoms with Crippen LogP contribution in [-0.4, -0.2) is 6.18 Å². The molecule has 0 aliphatic rings. The maximum atomic E-state index is 12.4. The van der Waals surface area contributed by atoms with Gasteiger partial charge in [0.05, 0.1) is 6.42 Å². The predicted molar refractivity (Wildman–Crippen MR) is 54.7 cm³/mol. The number of hydrogen-bond donors (Lipinski definition) is 0. The van der Waals surface area contributed by atoms with Crippen LogP contribution in [0.5, 0.6) is 0 Å². The van der Waals surface area contributed by atoms with E-state index in [1.165, 1.54) is 0 Å². The fourth-order valence-electron chi connectivity index (χ4n) is 1.69. The first kappa shape index (κ1) is 12.1. The fourth-order valence-corrected chi connectivity index (χ4v) is 1.69. The van der Waals surface area contributed by atoms with Crippen molar-refractivity contribution in [1.29, 1.82) is 0 Å². The molecule has 0 saturated heterocycles. The van der Waals surface area contributed by atoms with Crippen LogP contribution in [0.2, 0.25) is 0 Å². The van der Waals surface area contributed by atoms with Gasteiger partial charge in [0, 0.05) is 0 Å². The highest BCUT2D eigenvalue weighted by atomic mass is 19.4. The van der Waals surface area contributed by atoms with Gasteiger partial charge in [-0.1, -0.05) is 44.2 Å². The zero-order valence-electron chi connectivity index (χ0n) is 8.88. The van der Waals surface area contributed by atoms with Gasteiger partial charge in [-0.05, 0) is 17.4 Å². The van der Waals surface area contributed by atoms with Crippen LogP contribution in [0.15, 0.2) is 30.3 Å². The average Bonchev–Trinajstić information content (AvgIpc) is 2.14. The van der Waals surface area contributed by atoms with E-state index in [1.54, 1.807) is 24.3 Å². The summed E-state index contributed by atoms with van der Waals surface area (Å²) in [6.07, 6.45) is -4.83. The second-order valence-electron chi connectivity index (χ2n) is 4.08. The second-order valence-corrected chi connectivity index (χ2v) is 4.08. The molecule has 84 valence electrons. The Morgan fingerprint density at radius 2 is 1.60 bits per heavy atom. The van der Waals surface area contributed by atoms with Crippen molar-refractivity contribution >= 4 is 0 Å². The van der Waals surface area contributed by atoms with E-state index in [9.17, 15) is 13.2 Å². The lowest BCUT2D eigenvalue weighted by molar-refractivity contribution is -0.141. The van der Waals surface area contributed by atoms with Crippen LogP contribution < -0.4 is 0 Å². The summed E-state index contributed by atoms with van der Waals surface area (Å²) in [7, 11) is 0. The maximum absolute atomic E-state index is 12.4. The van der Waals surface area contributed by atoms with Gasteiger partial charge in [-0.25, -0.2) is 0 Å². The molecule has 0 nitrogen and oxygen atoms in total. The number of rotatable bonds is 3. The summed E-state index contributed by atoms with van der Waals surface area (Å²) in [6.45, 7) is 3.65. The van der Waals surface area contributed by atoms with Crippen LogP contribution in [-0.2, 0) is 0 Å². The Hall–Kier alpha value is -0.990. The van der Waals surface area contributed by atoms with Gasteiger partial charge < -0.3 is 0 Å². The van der Waals surface area contributed by atoms with Gasteiger partial charge in [0.2, 0.25) is 0 Å². The molecule has 0 heterocycles. The van der Waals surface area contributed by atoms with Crippen molar-refractivity contribution < 1.29 is 13.2 Å². The van der Waals surface area contributed by atoms with Crippen molar-refractivity contribution in [3.63, 3.8) is 0 Å². The van der Waals surface area contributed by atoms with E-state index in [-0.39, 0.29) is 5.92 Å². The molecule has 0 spiro atoms. The lowest BCUT2D eigenvalue weighted by Crippen LogP contribution is -2.17. The van der Waals surface area contributed by atoms with Crippen molar-refractivity contribution in [2.75, 3.05) is 0 Å². The standard InChI is InChI=1S/C12H15F3/c1-9(2)11(8-12(13,14)15)10-6-4-3-5-7-10/h3-7,9,11H,8H2,1-2H3/t11-/m0/s1. The van der Waals surface area contributed by atoms with Crippen LogP contribution >= 0.6 is 0 Å². The molecule has 0 aromatic heterocycles. The van der Waals surface area contributed by atoms with E-state index in [0.717, 1.165) is 5.56 Å². The molecule has 0 N–H and O–H groups in total. The summed E-state index contributed by atoms with van der Waals surface area (Å²) in [5.74, 6) is -0.444. The molecule has 1 atom stereocenters. The molecule has 0 aliphatic carbocycles. The zero-order valence-corrected chi connectivity index (χ0v) is 8.88. The van der Waals surface area contributed by atoms with Gasteiger partial charge in [-0.2, -0.15) is 13.2 Å². The van der Waals surface area contributed by atoms with Crippen LogP contribution in [0.25, 0.3) is 0 Å². The maximum Gasteiger partial charge on any atom is 0.389 e. The first-order chi connectivity index (χ1) is 6.90. The smallest absolute Gasteiger partial charge is 0.171 e. The van der Waals surface area contributed by atoms with E-state index in [4.69, 9.17) is 0 Å². The van der Waals surface area contributed by atoms with Crippen LogP contribution in [0.3, 0.4) is 0 Å². The lowest BCUT2D eigenvalue weighted by atomic mass is 9.86. The molecule has 15 heavy (non-hydrogen) atoms. The van der Waals surface area contributed by atoms with Crippen molar-refractivity contribution in [3.05, 3.63) is 35.9 Å². The summed E-state index contributed by atoms with van der Waals surface area (Å²) in [6, 6.07) is 8.89. The van der Waals surface area contributed by atoms with Gasteiger partial charge >= 0.3 is 6.18 Å². The van der Waals surface area contributed by atoms with Gasteiger partial charge in [0.25, 0.3) is 0 Å². The van der Waals surface area contributed by atoms with Gasteiger partial charge in [0.15, 0.2) is 0 Å². The first-order valence-electron chi connectivity index (χ1n) is 5.02. The number of halogens is 3. The van der Waals surface area contributed by atoms with Gasteiger partial charge in [-0.3, -0.25) is 0 Å². The average molecular weight is 216 g/mol. The first-order valence-corrected chi connectivity index (χ1v) is 5.02. The Balaban J connectivity index is 2.85. The minimum Gasteiger partial charge on any atom is -0.171 e. The molecular formula is C12H15F3. The largest absolute Gasteiger partial charge is 0.389 e. The number of hydrogen-bond acceptors (Lipinski definition) is 0. The van der Waals surface area contributed by atoms with E-state index in [0.29, 0.717) is 0 Å². The molecule has 0 radical (unpaired) electrons. The summed E-state index contributed by atoms with van der Waals surface area (Å²) < 4.78 is 37.1. The third kappa shape index (κ3) is 3.94. The highest BCUT2D eigenvalue weighted by Crippen LogP contribution is 2.35. The third-order valence-electron chi connectivity index (χ3n) is 2.48. The summed E-state index contributed by atoms with van der Waals surface area (Å²) in [5.41, 5.74) is 0.768. The summed E-state index contributed by atoms with van der Waals surface area (Å²) in [4.78, 5) is 0. The highest BCUT2D eigenvalue weighted by Gasteiger charge is 2.33. The molecular weight excluding hydrogens is 201 g/mol. The van der Waals surface area contributed by atoms with Crippen LogP contribution in [0.4, 0.5) is 13.2 Å². The molecule has 0 unspecified atom stereocenters. The quantitative estimate of drug-likeness (QED) is 0.703. The van der Waals surface area contributed by atoms with Gasteiger partial charge in [-0.15, -0.1) is 0 Å². The van der Waals surface area contributed by atoms with Crippen molar-refractivity contribution in [3.8, 4) is 0 Å². The summed E-state index contributed by atoms with van der Waals surface area (Å²) >= 11 is 0. The highest BCUT2D eigenvalue weighted by molar-refractivity contribution is 5.20. The molecule has 3 heteroatoms. The number of alkyl halides is 3. The van der Waals surface area contributed by atoms with E-state index >= 15 is 0 Å². The Bertz CT molecular complexity index is 287. The normalized spacial score (nSPS) is 14.3. The topological polar surface area (TPSA) is 0 Å². The van der Waals surface area contributed by atoms with Crippen molar-refractivity contribution in [2.24, 2.45) is 5.92 Å². The van der Waals surface area contributed by atoms with Crippen molar-refractivity contribution in [2.45, 2.75) is 32.4 Å². The SMILES string of the molecule is CC(C)[C@H](CC(F)(F)F)c1ccccc1. The van der Waals surface area contributed by atoms with E-state index in [2.05, 4.69) is 0 Å². The minimum atomic E-state index is -4.09. The second kappa shape index (κ2) is 4.69. The molecule has 0 amide bonds. The molecule has 0 bridgehead atoms. The lowest BCUT2D eigenvalue weighted by Gasteiger charge is -2.22. The molecule has 0 fully saturated rings. The van der Waals surface area contributed by atoms with Gasteiger partial charge in [0.1, 0.15) is 0 Å². The van der Waals surface area contributed by atoms with E-state index in [1.807, 2.05) is 19.9 Å². The fraction of sp³-hybridized carbons (Fsp3) is 0.500. The predicted octanol–water partition coefficient (Wildman–Crippen LogP) is 4.38. The van der Waals surface area contributed by atoms with E-state index < -0.39 is 18.5 Å². The molecule has 1 rings (SSSR count). The Morgan fingerprint density at radius 1 is 1.07 bits per heavy atom. The molecule has 1 aromatic carbocycles. The Kier molecular flexibility index (Phi) is 3.77. The molecule has 1 aromatic rings. The zero-order chi connectivity index (χ0) is 11.5. The Morgan fingerprint density at radius 3 is 2.00 bits per heavy atom.